The molecule has 1 amide bonds. The molecule has 0 radical (unpaired) electrons. The zero-order valence-corrected chi connectivity index (χ0v) is 18.8. The summed E-state index contributed by atoms with van der Waals surface area (Å²) in [5.41, 5.74) is -1.10. The largest absolute Gasteiger partial charge is 0.467 e. The third-order valence-corrected chi connectivity index (χ3v) is 6.09. The number of carbonyl (C=O) groups excluding carboxylic acids is 2. The van der Waals surface area contributed by atoms with Crippen molar-refractivity contribution in [3.05, 3.63) is 33.8 Å². The number of likely N-dealkylation sites (tertiary alicyclic amines) is 1. The van der Waals surface area contributed by atoms with E-state index in [0.717, 1.165) is 6.07 Å². The fourth-order valence-electron chi connectivity index (χ4n) is 4.25. The van der Waals surface area contributed by atoms with E-state index in [-0.39, 0.29) is 29.9 Å². The van der Waals surface area contributed by atoms with Gasteiger partial charge in [0, 0.05) is 11.0 Å². The summed E-state index contributed by atoms with van der Waals surface area (Å²) in [4.78, 5) is 26.2. The molecule has 1 aliphatic carbocycles. The zero-order chi connectivity index (χ0) is 22.4. The second-order valence-electron chi connectivity index (χ2n) is 8.90. The maximum Gasteiger partial charge on any atom is 0.416 e. The Morgan fingerprint density at radius 3 is 2.40 bits per heavy atom. The van der Waals surface area contributed by atoms with E-state index < -0.39 is 35.4 Å². The Morgan fingerprint density at radius 2 is 1.83 bits per heavy atom. The number of ether oxygens (including phenoxy) is 2. The number of nitrogens with zero attached hydrogens (tertiary/aromatic N) is 1. The highest BCUT2D eigenvalue weighted by atomic mass is 79.9. The first-order valence-electron chi connectivity index (χ1n) is 9.76. The highest BCUT2D eigenvalue weighted by Crippen LogP contribution is 2.57. The van der Waals surface area contributed by atoms with Gasteiger partial charge in [-0.05, 0) is 69.1 Å². The summed E-state index contributed by atoms with van der Waals surface area (Å²) in [6.45, 7) is 5.45. The van der Waals surface area contributed by atoms with Crippen LogP contribution in [0.4, 0.5) is 18.0 Å². The first-order valence-corrected chi connectivity index (χ1v) is 10.5. The molecule has 0 bridgehead atoms. The molecule has 2 fully saturated rings. The molecule has 2 aliphatic rings. The van der Waals surface area contributed by atoms with Crippen LogP contribution >= 0.6 is 15.9 Å². The molecule has 166 valence electrons. The van der Waals surface area contributed by atoms with Crippen LogP contribution < -0.4 is 0 Å². The molecule has 1 aromatic rings. The van der Waals surface area contributed by atoms with Crippen molar-refractivity contribution in [1.29, 1.82) is 0 Å². The minimum Gasteiger partial charge on any atom is -0.467 e. The Balaban J connectivity index is 1.79. The summed E-state index contributed by atoms with van der Waals surface area (Å²) in [6.07, 6.45) is -4.12. The van der Waals surface area contributed by atoms with Crippen LogP contribution in [-0.2, 0) is 20.4 Å². The van der Waals surface area contributed by atoms with Crippen LogP contribution in [-0.4, -0.2) is 42.3 Å². The average molecular weight is 492 g/mol. The van der Waals surface area contributed by atoms with Crippen LogP contribution in [0.15, 0.2) is 22.7 Å². The van der Waals surface area contributed by atoms with Crippen LogP contribution in [0.25, 0.3) is 0 Å². The van der Waals surface area contributed by atoms with Crippen LogP contribution in [0.5, 0.6) is 0 Å². The van der Waals surface area contributed by atoms with E-state index in [1.54, 1.807) is 26.8 Å². The third kappa shape index (κ3) is 4.92. The second-order valence-corrected chi connectivity index (χ2v) is 9.82. The van der Waals surface area contributed by atoms with Gasteiger partial charge in [-0.1, -0.05) is 22.0 Å². The molecule has 1 saturated heterocycles. The average Bonchev–Trinajstić information content (AvgIpc) is 3.28. The lowest BCUT2D eigenvalue weighted by atomic mass is 9.94. The van der Waals surface area contributed by atoms with Crippen molar-refractivity contribution in [2.45, 2.75) is 57.3 Å². The SMILES string of the molecule is COC(=O)[C@@H]1CC(C2CC2c2ccc(Br)cc2C(F)(F)F)CN1C(=O)OC(C)(C)C. The van der Waals surface area contributed by atoms with Crippen molar-refractivity contribution in [1.82, 2.24) is 4.90 Å². The third-order valence-electron chi connectivity index (χ3n) is 5.60. The van der Waals surface area contributed by atoms with Crippen LogP contribution in [0.1, 0.15) is 50.7 Å². The minimum atomic E-state index is -4.45. The van der Waals surface area contributed by atoms with Gasteiger partial charge in [0.2, 0.25) is 0 Å². The van der Waals surface area contributed by atoms with Gasteiger partial charge in [-0.15, -0.1) is 0 Å². The number of hydrogen-bond donors (Lipinski definition) is 0. The molecule has 3 rings (SSSR count). The van der Waals surface area contributed by atoms with Gasteiger partial charge in [0.25, 0.3) is 0 Å². The Kier molecular flexibility index (Phi) is 6.15. The Hall–Kier alpha value is -1.77. The Labute approximate surface area is 182 Å². The van der Waals surface area contributed by atoms with Crippen molar-refractivity contribution in [3.63, 3.8) is 0 Å². The molecule has 0 N–H and O–H groups in total. The fourth-order valence-corrected chi connectivity index (χ4v) is 4.61. The molecule has 1 aromatic carbocycles. The predicted octanol–water partition coefficient (Wildman–Crippen LogP) is 5.37. The normalized spacial score (nSPS) is 26.5. The standard InChI is InChI=1S/C21H25BrF3NO4/c1-20(2,3)30-19(28)26-10-11(7-17(26)18(27)29-4)14-9-15(14)13-6-5-12(22)8-16(13)21(23,24)25/h5-6,8,11,14-15,17H,7,9-10H2,1-4H3/t11?,14?,15?,17-/m0/s1. The molecule has 30 heavy (non-hydrogen) atoms. The number of amides is 1. The molecule has 0 spiro atoms. The highest BCUT2D eigenvalue weighted by Gasteiger charge is 2.53. The van der Waals surface area contributed by atoms with Crippen molar-refractivity contribution < 1.29 is 32.2 Å². The first-order chi connectivity index (χ1) is 13.8. The maximum atomic E-state index is 13.5. The van der Waals surface area contributed by atoms with Crippen molar-refractivity contribution >= 4 is 28.0 Å². The number of benzene rings is 1. The molecule has 5 nitrogen and oxygen atoms in total. The summed E-state index contributed by atoms with van der Waals surface area (Å²) >= 11 is 3.11. The van der Waals surface area contributed by atoms with E-state index in [0.29, 0.717) is 17.3 Å². The van der Waals surface area contributed by atoms with Gasteiger partial charge in [-0.2, -0.15) is 13.2 Å². The summed E-state index contributed by atoms with van der Waals surface area (Å²) in [7, 11) is 1.25. The van der Waals surface area contributed by atoms with Gasteiger partial charge >= 0.3 is 18.2 Å². The number of halogens is 4. The molecule has 4 atom stereocenters. The fraction of sp³-hybridized carbons (Fsp3) is 0.619. The van der Waals surface area contributed by atoms with Crippen LogP contribution in [0.2, 0.25) is 0 Å². The summed E-state index contributed by atoms with van der Waals surface area (Å²) in [5, 5.41) is 0. The lowest BCUT2D eigenvalue weighted by molar-refractivity contribution is -0.145. The van der Waals surface area contributed by atoms with Gasteiger partial charge in [-0.3, -0.25) is 4.90 Å². The highest BCUT2D eigenvalue weighted by molar-refractivity contribution is 9.10. The summed E-state index contributed by atoms with van der Waals surface area (Å²) in [6, 6.07) is 3.43. The molecule has 9 heteroatoms. The minimum absolute atomic E-state index is 0.0353. The van der Waals surface area contributed by atoms with Gasteiger partial charge < -0.3 is 9.47 Å². The van der Waals surface area contributed by atoms with Crippen molar-refractivity contribution in [3.8, 4) is 0 Å². The number of carbonyl (C=O) groups is 2. The molecule has 1 heterocycles. The van der Waals surface area contributed by atoms with E-state index >= 15 is 0 Å². The summed E-state index contributed by atoms with van der Waals surface area (Å²) in [5.74, 6) is -0.931. The number of methoxy groups -OCH3 is 1. The molecule has 1 aliphatic heterocycles. The van der Waals surface area contributed by atoms with Crippen LogP contribution in [0, 0.1) is 11.8 Å². The van der Waals surface area contributed by atoms with Crippen molar-refractivity contribution in [2.24, 2.45) is 11.8 Å². The lowest BCUT2D eigenvalue weighted by Gasteiger charge is -2.27. The number of rotatable bonds is 3. The van der Waals surface area contributed by atoms with E-state index in [1.807, 2.05) is 0 Å². The van der Waals surface area contributed by atoms with Gasteiger partial charge in [0.15, 0.2) is 0 Å². The Morgan fingerprint density at radius 1 is 1.17 bits per heavy atom. The number of esters is 1. The van der Waals surface area contributed by atoms with Crippen LogP contribution in [0.3, 0.4) is 0 Å². The number of hydrogen-bond acceptors (Lipinski definition) is 4. The monoisotopic (exact) mass is 491 g/mol. The molecular formula is C21H25BrF3NO4. The molecule has 1 saturated carbocycles. The second kappa shape index (κ2) is 8.05. The summed E-state index contributed by atoms with van der Waals surface area (Å²) < 4.78 is 51.1. The molecular weight excluding hydrogens is 467 g/mol. The smallest absolute Gasteiger partial charge is 0.416 e. The van der Waals surface area contributed by atoms with Gasteiger partial charge in [-0.25, -0.2) is 9.59 Å². The van der Waals surface area contributed by atoms with Gasteiger partial charge in [0.1, 0.15) is 11.6 Å². The lowest BCUT2D eigenvalue weighted by Crippen LogP contribution is -2.43. The quantitative estimate of drug-likeness (QED) is 0.533. The molecule has 0 aromatic heterocycles. The molecule has 3 unspecified atom stereocenters. The van der Waals surface area contributed by atoms with E-state index in [4.69, 9.17) is 9.47 Å². The number of alkyl halides is 3. The van der Waals surface area contributed by atoms with Gasteiger partial charge in [0.05, 0.1) is 12.7 Å². The first kappa shape index (κ1) is 22.9. The zero-order valence-electron chi connectivity index (χ0n) is 17.3. The predicted molar refractivity (Wildman–Crippen MR) is 107 cm³/mol. The van der Waals surface area contributed by atoms with E-state index in [2.05, 4.69) is 15.9 Å². The van der Waals surface area contributed by atoms with E-state index in [9.17, 15) is 22.8 Å². The maximum absolute atomic E-state index is 13.5. The topological polar surface area (TPSA) is 55.8 Å². The van der Waals surface area contributed by atoms with Crippen molar-refractivity contribution in [2.75, 3.05) is 13.7 Å². The Bertz CT molecular complexity index is 837. The van der Waals surface area contributed by atoms with E-state index in [1.165, 1.54) is 18.1 Å².